The fraction of sp³-hybridized carbons (Fsp3) is 0.321. The number of hydrogen-bond acceptors (Lipinski definition) is 3. The van der Waals surface area contributed by atoms with Crippen LogP contribution < -0.4 is 9.62 Å². The van der Waals surface area contributed by atoms with E-state index in [-0.39, 0.29) is 23.4 Å². The Morgan fingerprint density at radius 2 is 1.66 bits per heavy atom. The van der Waals surface area contributed by atoms with Crippen LogP contribution in [0, 0.1) is 13.8 Å². The summed E-state index contributed by atoms with van der Waals surface area (Å²) in [5.74, 6) is -0.384. The van der Waals surface area contributed by atoms with Crippen LogP contribution in [0.3, 0.4) is 0 Å². The van der Waals surface area contributed by atoms with Crippen LogP contribution in [-0.2, 0) is 27.7 Å². The quantitative estimate of drug-likeness (QED) is 0.429. The Kier molecular flexibility index (Phi) is 7.53. The first-order valence-corrected chi connectivity index (χ1v) is 13.7. The number of hydrogen-bond donors (Lipinski definition) is 1. The van der Waals surface area contributed by atoms with E-state index in [9.17, 15) is 13.2 Å². The number of halogens is 1. The molecule has 5 nitrogen and oxygen atoms in total. The number of aryl methyl sites for hydroxylation is 4. The zero-order chi connectivity index (χ0) is 25.2. The number of anilines is 1. The smallest absolute Gasteiger partial charge is 0.264 e. The monoisotopic (exact) mass is 510 g/mol. The van der Waals surface area contributed by atoms with Gasteiger partial charge in [-0.05, 0) is 93.0 Å². The molecule has 0 heterocycles. The molecule has 1 atom stereocenters. The first kappa shape index (κ1) is 25.3. The summed E-state index contributed by atoms with van der Waals surface area (Å²) in [6.45, 7) is 5.26. The van der Waals surface area contributed by atoms with Gasteiger partial charge in [-0.3, -0.25) is 9.10 Å². The van der Waals surface area contributed by atoms with Crippen molar-refractivity contribution in [3.05, 3.63) is 93.5 Å². The average Bonchev–Trinajstić information content (AvgIpc) is 2.84. The van der Waals surface area contributed by atoms with Gasteiger partial charge in [-0.2, -0.15) is 0 Å². The van der Waals surface area contributed by atoms with Crippen LogP contribution in [0.4, 0.5) is 5.69 Å². The summed E-state index contributed by atoms with van der Waals surface area (Å²) in [6, 6.07) is 17.8. The minimum absolute atomic E-state index is 0.123. The van der Waals surface area contributed by atoms with Crippen molar-refractivity contribution in [2.24, 2.45) is 0 Å². The summed E-state index contributed by atoms with van der Waals surface area (Å²) in [6.07, 6.45) is 4.55. The highest BCUT2D eigenvalue weighted by molar-refractivity contribution is 7.92. The Balaban J connectivity index is 1.61. The van der Waals surface area contributed by atoms with Crippen molar-refractivity contribution in [1.82, 2.24) is 5.32 Å². The van der Waals surface area contributed by atoms with Crippen molar-refractivity contribution in [2.45, 2.75) is 57.4 Å². The molecule has 35 heavy (non-hydrogen) atoms. The molecule has 1 aliphatic rings. The second kappa shape index (κ2) is 10.4. The standard InChI is InChI=1S/C28H31ClN2O3S/c1-19-8-14-26(15-9-19)35(33,34)31(27-17-25(29)13-10-20(27)2)18-28(32)30-21(3)23-12-11-22-6-4-5-7-24(22)16-23/h8-17,21H,4-7,18H2,1-3H3,(H,30,32)/t21-/m0/s1. The van der Waals surface area contributed by atoms with Gasteiger partial charge in [0, 0.05) is 5.02 Å². The molecule has 0 radical (unpaired) electrons. The van der Waals surface area contributed by atoms with E-state index >= 15 is 0 Å². The molecule has 0 aliphatic heterocycles. The van der Waals surface area contributed by atoms with Crippen LogP contribution >= 0.6 is 11.6 Å². The lowest BCUT2D eigenvalue weighted by Crippen LogP contribution is -2.42. The van der Waals surface area contributed by atoms with E-state index in [0.29, 0.717) is 16.3 Å². The number of carbonyl (C=O) groups is 1. The van der Waals surface area contributed by atoms with Gasteiger partial charge in [0.05, 0.1) is 16.6 Å². The van der Waals surface area contributed by atoms with Gasteiger partial charge in [-0.1, -0.05) is 53.6 Å². The van der Waals surface area contributed by atoms with E-state index < -0.39 is 10.0 Å². The van der Waals surface area contributed by atoms with Crippen LogP contribution in [0.25, 0.3) is 0 Å². The van der Waals surface area contributed by atoms with Gasteiger partial charge < -0.3 is 5.32 Å². The molecule has 0 fully saturated rings. The number of benzene rings is 3. The minimum Gasteiger partial charge on any atom is -0.348 e. The third-order valence-electron chi connectivity index (χ3n) is 6.59. The molecule has 7 heteroatoms. The maximum absolute atomic E-state index is 13.7. The topological polar surface area (TPSA) is 66.5 Å². The molecule has 0 saturated carbocycles. The number of sulfonamides is 1. The van der Waals surface area contributed by atoms with Crippen LogP contribution in [0.1, 0.15) is 53.6 Å². The second-order valence-electron chi connectivity index (χ2n) is 9.28. The number of carbonyl (C=O) groups excluding carboxylic acids is 1. The van der Waals surface area contributed by atoms with Gasteiger partial charge >= 0.3 is 0 Å². The molecule has 1 N–H and O–H groups in total. The fourth-order valence-electron chi connectivity index (χ4n) is 4.51. The molecule has 0 bridgehead atoms. The molecule has 0 spiro atoms. The zero-order valence-electron chi connectivity index (χ0n) is 20.3. The van der Waals surface area contributed by atoms with Crippen molar-refractivity contribution < 1.29 is 13.2 Å². The molecule has 4 rings (SSSR count). The van der Waals surface area contributed by atoms with E-state index in [4.69, 9.17) is 11.6 Å². The van der Waals surface area contributed by atoms with Gasteiger partial charge in [0.1, 0.15) is 6.54 Å². The predicted molar refractivity (Wildman–Crippen MR) is 142 cm³/mol. The third-order valence-corrected chi connectivity index (χ3v) is 8.60. The van der Waals surface area contributed by atoms with Crippen molar-refractivity contribution in [2.75, 3.05) is 10.8 Å². The Hall–Kier alpha value is -2.83. The summed E-state index contributed by atoms with van der Waals surface area (Å²) < 4.78 is 28.5. The lowest BCUT2D eigenvalue weighted by molar-refractivity contribution is -0.120. The Labute approximate surface area is 213 Å². The van der Waals surface area contributed by atoms with Crippen molar-refractivity contribution in [3.63, 3.8) is 0 Å². The molecule has 3 aromatic carbocycles. The summed E-state index contributed by atoms with van der Waals surface area (Å²) >= 11 is 6.21. The number of amides is 1. The summed E-state index contributed by atoms with van der Waals surface area (Å²) in [5.41, 5.74) is 5.78. The number of fused-ring (bicyclic) bond motifs is 1. The molecule has 0 unspecified atom stereocenters. The van der Waals surface area contributed by atoms with Crippen molar-refractivity contribution >= 4 is 33.2 Å². The summed E-state index contributed by atoms with van der Waals surface area (Å²) in [4.78, 5) is 13.3. The third kappa shape index (κ3) is 5.71. The average molecular weight is 511 g/mol. The minimum atomic E-state index is -4.00. The number of rotatable bonds is 7. The molecule has 3 aromatic rings. The van der Waals surface area contributed by atoms with Crippen LogP contribution in [0.15, 0.2) is 65.6 Å². The van der Waals surface area contributed by atoms with Gasteiger partial charge in [-0.25, -0.2) is 8.42 Å². The molecule has 0 saturated heterocycles. The first-order chi connectivity index (χ1) is 16.6. The number of nitrogens with one attached hydrogen (secondary N) is 1. The molecular weight excluding hydrogens is 480 g/mol. The van der Waals surface area contributed by atoms with E-state index in [0.717, 1.165) is 28.3 Å². The number of nitrogens with zero attached hydrogens (tertiary/aromatic N) is 1. The SMILES string of the molecule is Cc1ccc(S(=O)(=O)N(CC(=O)N[C@@H](C)c2ccc3c(c2)CCCC3)c2cc(Cl)ccc2C)cc1. The fourth-order valence-corrected chi connectivity index (χ4v) is 6.16. The molecule has 0 aromatic heterocycles. The van der Waals surface area contributed by atoms with E-state index in [2.05, 4.69) is 23.5 Å². The molecular formula is C28H31ClN2O3S. The lowest BCUT2D eigenvalue weighted by Gasteiger charge is -2.27. The van der Waals surface area contributed by atoms with Crippen LogP contribution in [0.5, 0.6) is 0 Å². The highest BCUT2D eigenvalue weighted by Gasteiger charge is 2.29. The van der Waals surface area contributed by atoms with Crippen molar-refractivity contribution in [1.29, 1.82) is 0 Å². The normalized spacial score (nSPS) is 14.2. The highest BCUT2D eigenvalue weighted by Crippen LogP contribution is 2.30. The second-order valence-corrected chi connectivity index (χ2v) is 11.6. The van der Waals surface area contributed by atoms with E-state index in [1.54, 1.807) is 49.4 Å². The Morgan fingerprint density at radius 3 is 2.37 bits per heavy atom. The van der Waals surface area contributed by atoms with Gasteiger partial charge in [0.15, 0.2) is 0 Å². The van der Waals surface area contributed by atoms with Gasteiger partial charge in [0.25, 0.3) is 10.0 Å². The van der Waals surface area contributed by atoms with E-state index in [1.807, 2.05) is 13.8 Å². The lowest BCUT2D eigenvalue weighted by atomic mass is 9.89. The first-order valence-electron chi connectivity index (χ1n) is 11.9. The summed E-state index contributed by atoms with van der Waals surface area (Å²) in [5, 5.41) is 3.39. The van der Waals surface area contributed by atoms with Gasteiger partial charge in [-0.15, -0.1) is 0 Å². The maximum atomic E-state index is 13.7. The highest BCUT2D eigenvalue weighted by atomic mass is 35.5. The maximum Gasteiger partial charge on any atom is 0.264 e. The Bertz CT molecular complexity index is 1340. The van der Waals surface area contributed by atoms with Crippen LogP contribution in [0.2, 0.25) is 5.02 Å². The van der Waals surface area contributed by atoms with E-state index in [1.165, 1.54) is 24.0 Å². The molecule has 1 amide bonds. The summed E-state index contributed by atoms with van der Waals surface area (Å²) in [7, 11) is -4.00. The van der Waals surface area contributed by atoms with Crippen LogP contribution in [-0.4, -0.2) is 20.9 Å². The predicted octanol–water partition coefficient (Wildman–Crippen LogP) is 5.91. The van der Waals surface area contributed by atoms with Crippen molar-refractivity contribution in [3.8, 4) is 0 Å². The molecule has 184 valence electrons. The zero-order valence-corrected chi connectivity index (χ0v) is 21.9. The molecule has 1 aliphatic carbocycles. The Morgan fingerprint density at radius 1 is 0.971 bits per heavy atom. The van der Waals surface area contributed by atoms with Gasteiger partial charge in [0.2, 0.25) is 5.91 Å². The largest absolute Gasteiger partial charge is 0.348 e.